The zero-order valence-electron chi connectivity index (χ0n) is 7.42. The molecule has 0 amide bonds. The maximum Gasteiger partial charge on any atom is 0.434 e. The van der Waals surface area contributed by atoms with E-state index in [2.05, 4.69) is 4.98 Å². The van der Waals surface area contributed by atoms with Crippen LogP contribution in [-0.4, -0.2) is 9.38 Å². The second-order valence-electron chi connectivity index (χ2n) is 3.02. The fourth-order valence-electron chi connectivity index (χ4n) is 1.31. The summed E-state index contributed by atoms with van der Waals surface area (Å²) < 4.78 is 38.4. The number of fused-ring (bicyclic) bond motifs is 1. The fraction of sp³-hybridized carbons (Fsp3) is 0.222. The Labute approximate surface area is 88.3 Å². The lowest BCUT2D eigenvalue weighted by Gasteiger charge is -1.98. The van der Waals surface area contributed by atoms with E-state index in [4.69, 9.17) is 11.6 Å². The summed E-state index contributed by atoms with van der Waals surface area (Å²) in [5.74, 6) is 0.138. The Morgan fingerprint density at radius 2 is 2.13 bits per heavy atom. The standard InChI is InChI=1S/C9H6ClF3N2/c10-4-6-2-1-3-15-5-7(9(11,12)13)14-8(6)15/h1-3,5H,4H2. The highest BCUT2D eigenvalue weighted by Crippen LogP contribution is 2.29. The van der Waals surface area contributed by atoms with Crippen molar-refractivity contribution < 1.29 is 13.2 Å². The lowest BCUT2D eigenvalue weighted by atomic mass is 10.3. The van der Waals surface area contributed by atoms with Crippen molar-refractivity contribution in [1.82, 2.24) is 9.38 Å². The third-order valence-electron chi connectivity index (χ3n) is 2.00. The number of halogens is 4. The van der Waals surface area contributed by atoms with Crippen LogP contribution in [0.15, 0.2) is 24.5 Å². The third-order valence-corrected chi connectivity index (χ3v) is 2.29. The van der Waals surface area contributed by atoms with Gasteiger partial charge in [0.1, 0.15) is 5.65 Å². The highest BCUT2D eigenvalue weighted by Gasteiger charge is 2.34. The zero-order valence-corrected chi connectivity index (χ0v) is 8.18. The van der Waals surface area contributed by atoms with E-state index < -0.39 is 11.9 Å². The van der Waals surface area contributed by atoms with Crippen molar-refractivity contribution in [2.45, 2.75) is 12.1 Å². The molecule has 80 valence electrons. The lowest BCUT2D eigenvalue weighted by Crippen LogP contribution is -2.04. The van der Waals surface area contributed by atoms with Crippen LogP contribution in [0.2, 0.25) is 0 Å². The van der Waals surface area contributed by atoms with E-state index in [9.17, 15) is 13.2 Å². The number of aromatic nitrogens is 2. The third kappa shape index (κ3) is 1.79. The first-order valence-corrected chi connectivity index (χ1v) is 4.65. The molecule has 15 heavy (non-hydrogen) atoms. The molecule has 0 saturated carbocycles. The number of hydrogen-bond acceptors (Lipinski definition) is 1. The minimum absolute atomic E-state index is 0.138. The van der Waals surface area contributed by atoms with Gasteiger partial charge in [0.15, 0.2) is 5.69 Å². The first-order valence-electron chi connectivity index (χ1n) is 4.12. The lowest BCUT2D eigenvalue weighted by molar-refractivity contribution is -0.140. The summed E-state index contributed by atoms with van der Waals surface area (Å²) in [6.07, 6.45) is -1.96. The smallest absolute Gasteiger partial charge is 0.306 e. The second-order valence-corrected chi connectivity index (χ2v) is 3.29. The van der Waals surface area contributed by atoms with E-state index in [-0.39, 0.29) is 11.5 Å². The number of hydrogen-bond donors (Lipinski definition) is 0. The van der Waals surface area contributed by atoms with Crippen molar-refractivity contribution in [3.05, 3.63) is 35.8 Å². The van der Waals surface area contributed by atoms with Crippen LogP contribution in [0.4, 0.5) is 13.2 Å². The maximum atomic E-state index is 12.4. The number of pyridine rings is 1. The van der Waals surface area contributed by atoms with Crippen molar-refractivity contribution >= 4 is 17.2 Å². The normalized spacial score (nSPS) is 12.3. The molecule has 0 aliphatic carbocycles. The van der Waals surface area contributed by atoms with Gasteiger partial charge in [-0.1, -0.05) is 6.07 Å². The number of imidazole rings is 1. The van der Waals surface area contributed by atoms with E-state index in [1.165, 1.54) is 10.6 Å². The number of alkyl halides is 4. The van der Waals surface area contributed by atoms with Crippen LogP contribution in [0.3, 0.4) is 0 Å². The van der Waals surface area contributed by atoms with Gasteiger partial charge in [-0.15, -0.1) is 11.6 Å². The highest BCUT2D eigenvalue weighted by atomic mass is 35.5. The van der Waals surface area contributed by atoms with Gasteiger partial charge >= 0.3 is 6.18 Å². The van der Waals surface area contributed by atoms with Gasteiger partial charge in [-0.05, 0) is 6.07 Å². The van der Waals surface area contributed by atoms with Crippen LogP contribution in [-0.2, 0) is 12.1 Å². The van der Waals surface area contributed by atoms with Gasteiger partial charge in [-0.3, -0.25) is 0 Å². The Balaban J connectivity index is 2.65. The van der Waals surface area contributed by atoms with Crippen LogP contribution in [0.25, 0.3) is 5.65 Å². The summed E-state index contributed by atoms with van der Waals surface area (Å²) in [5, 5.41) is 0. The highest BCUT2D eigenvalue weighted by molar-refractivity contribution is 6.17. The van der Waals surface area contributed by atoms with Gasteiger partial charge in [-0.25, -0.2) is 4.98 Å². The molecule has 0 bridgehead atoms. The van der Waals surface area contributed by atoms with Gasteiger partial charge in [0.05, 0.1) is 5.88 Å². The topological polar surface area (TPSA) is 17.3 Å². The summed E-state index contributed by atoms with van der Waals surface area (Å²) in [7, 11) is 0. The molecular weight excluding hydrogens is 229 g/mol. The summed E-state index contributed by atoms with van der Waals surface area (Å²) >= 11 is 5.59. The van der Waals surface area contributed by atoms with Crippen LogP contribution in [0.5, 0.6) is 0 Å². The molecule has 0 radical (unpaired) electrons. The molecule has 2 aromatic heterocycles. The molecule has 2 heterocycles. The number of rotatable bonds is 1. The van der Waals surface area contributed by atoms with Crippen LogP contribution < -0.4 is 0 Å². The molecule has 0 aromatic carbocycles. The molecule has 6 heteroatoms. The average molecular weight is 235 g/mol. The Morgan fingerprint density at radius 3 is 2.73 bits per heavy atom. The van der Waals surface area contributed by atoms with Crippen LogP contribution in [0.1, 0.15) is 11.3 Å². The first-order chi connectivity index (χ1) is 7.02. The molecule has 2 nitrogen and oxygen atoms in total. The summed E-state index contributed by atoms with van der Waals surface area (Å²) in [5.41, 5.74) is -0.0745. The second kappa shape index (κ2) is 3.41. The zero-order chi connectivity index (χ0) is 11.1. The van der Waals surface area contributed by atoms with E-state index in [0.717, 1.165) is 6.20 Å². The summed E-state index contributed by atoms with van der Waals surface area (Å²) in [6, 6.07) is 3.28. The van der Waals surface area contributed by atoms with Crippen molar-refractivity contribution in [1.29, 1.82) is 0 Å². The molecule has 0 aliphatic heterocycles. The average Bonchev–Trinajstić information content (AvgIpc) is 2.59. The predicted octanol–water partition coefficient (Wildman–Crippen LogP) is 3.09. The predicted molar refractivity (Wildman–Crippen MR) is 49.8 cm³/mol. The molecule has 0 fully saturated rings. The van der Waals surface area contributed by atoms with Crippen LogP contribution >= 0.6 is 11.6 Å². The Bertz CT molecular complexity index is 490. The molecule has 0 aliphatic rings. The Morgan fingerprint density at radius 1 is 1.40 bits per heavy atom. The Kier molecular flexibility index (Phi) is 2.34. The van der Waals surface area contributed by atoms with Crippen molar-refractivity contribution in [3.63, 3.8) is 0 Å². The SMILES string of the molecule is FC(F)(F)c1cn2cccc(CCl)c2n1. The molecule has 2 rings (SSSR count). The van der Waals surface area contributed by atoms with Gasteiger partial charge in [-0.2, -0.15) is 13.2 Å². The molecule has 0 atom stereocenters. The van der Waals surface area contributed by atoms with Gasteiger partial charge < -0.3 is 4.40 Å². The molecule has 0 N–H and O–H groups in total. The quantitative estimate of drug-likeness (QED) is 0.693. The summed E-state index contributed by atoms with van der Waals surface area (Å²) in [4.78, 5) is 3.51. The van der Waals surface area contributed by atoms with Gasteiger partial charge in [0.25, 0.3) is 0 Å². The van der Waals surface area contributed by atoms with Crippen molar-refractivity contribution in [2.75, 3.05) is 0 Å². The molecule has 0 saturated heterocycles. The van der Waals surface area contributed by atoms with E-state index in [0.29, 0.717) is 5.56 Å². The fourth-order valence-corrected chi connectivity index (χ4v) is 1.52. The monoisotopic (exact) mass is 234 g/mol. The van der Waals surface area contributed by atoms with Crippen molar-refractivity contribution in [3.8, 4) is 0 Å². The van der Waals surface area contributed by atoms with E-state index in [1.807, 2.05) is 0 Å². The van der Waals surface area contributed by atoms with E-state index in [1.54, 1.807) is 12.1 Å². The van der Waals surface area contributed by atoms with Gasteiger partial charge in [0, 0.05) is 18.0 Å². The summed E-state index contributed by atoms with van der Waals surface area (Å²) in [6.45, 7) is 0. The Hall–Kier alpha value is -1.23. The van der Waals surface area contributed by atoms with Gasteiger partial charge in [0.2, 0.25) is 0 Å². The minimum atomic E-state index is -4.42. The van der Waals surface area contributed by atoms with E-state index >= 15 is 0 Å². The minimum Gasteiger partial charge on any atom is -0.306 e. The van der Waals surface area contributed by atoms with Crippen molar-refractivity contribution in [2.24, 2.45) is 0 Å². The van der Waals surface area contributed by atoms with Crippen LogP contribution in [0, 0.1) is 0 Å². The number of nitrogens with zero attached hydrogens (tertiary/aromatic N) is 2. The molecule has 0 unspecified atom stereocenters. The largest absolute Gasteiger partial charge is 0.434 e. The maximum absolute atomic E-state index is 12.4. The molecular formula is C9H6ClF3N2. The first kappa shape index (κ1) is 10.3. The molecule has 0 spiro atoms. The molecule has 2 aromatic rings.